The van der Waals surface area contributed by atoms with E-state index in [9.17, 15) is 9.90 Å². The molecule has 4 nitrogen and oxygen atoms in total. The molecule has 20 heavy (non-hydrogen) atoms. The highest BCUT2D eigenvalue weighted by Crippen LogP contribution is 2.35. The highest BCUT2D eigenvalue weighted by molar-refractivity contribution is 6.00. The van der Waals surface area contributed by atoms with Crippen LogP contribution in [0.25, 0.3) is 6.08 Å². The van der Waals surface area contributed by atoms with Gasteiger partial charge >= 0.3 is 0 Å². The zero-order valence-electron chi connectivity index (χ0n) is 12.3. The zero-order chi connectivity index (χ0) is 15.4. The van der Waals surface area contributed by atoms with E-state index in [-0.39, 0.29) is 23.2 Å². The van der Waals surface area contributed by atoms with Crippen LogP contribution in [0.3, 0.4) is 0 Å². The number of carbonyl (C=O) groups excluding carboxylic acids is 1. The number of hydrogen-bond acceptors (Lipinski definition) is 3. The predicted octanol–water partition coefficient (Wildman–Crippen LogP) is 3.03. The van der Waals surface area contributed by atoms with Crippen molar-refractivity contribution in [2.24, 2.45) is 5.73 Å². The lowest BCUT2D eigenvalue weighted by Gasteiger charge is -2.16. The minimum atomic E-state index is -0.752. The predicted molar refractivity (Wildman–Crippen MR) is 79.1 cm³/mol. The first-order chi connectivity index (χ1) is 9.27. The molecule has 0 spiro atoms. The summed E-state index contributed by atoms with van der Waals surface area (Å²) in [5, 5.41) is 19.2. The fraction of sp³-hybridized carbons (Fsp3) is 0.375. The highest BCUT2D eigenvalue weighted by Gasteiger charge is 2.15. The Labute approximate surface area is 119 Å². The Morgan fingerprint density at radius 1 is 1.25 bits per heavy atom. The highest BCUT2D eigenvalue weighted by atomic mass is 16.3. The number of rotatable bonds is 4. The van der Waals surface area contributed by atoms with Gasteiger partial charge in [0.05, 0.1) is 0 Å². The second kappa shape index (κ2) is 6.25. The van der Waals surface area contributed by atoms with Gasteiger partial charge in [0, 0.05) is 0 Å². The topological polar surface area (TPSA) is 87.1 Å². The number of benzene rings is 1. The molecule has 0 aromatic heterocycles. The van der Waals surface area contributed by atoms with Crippen LogP contribution < -0.4 is 5.73 Å². The summed E-state index contributed by atoms with van der Waals surface area (Å²) in [5.74, 6) is -0.192. The molecule has 0 aliphatic heterocycles. The number of nitrogens with zero attached hydrogens (tertiary/aromatic N) is 1. The van der Waals surface area contributed by atoms with Crippen LogP contribution in [0.2, 0.25) is 0 Å². The van der Waals surface area contributed by atoms with Gasteiger partial charge < -0.3 is 10.8 Å². The maximum absolute atomic E-state index is 11.1. The minimum absolute atomic E-state index is 0.0971. The monoisotopic (exact) mass is 272 g/mol. The van der Waals surface area contributed by atoms with Crippen LogP contribution in [0, 0.1) is 11.3 Å². The van der Waals surface area contributed by atoms with Gasteiger partial charge in [-0.3, -0.25) is 4.79 Å². The van der Waals surface area contributed by atoms with Crippen molar-refractivity contribution in [2.75, 3.05) is 0 Å². The first-order valence-corrected chi connectivity index (χ1v) is 6.56. The number of amides is 1. The number of phenolic OH excluding ortho intramolecular Hbond substituents is 1. The van der Waals surface area contributed by atoms with E-state index >= 15 is 0 Å². The summed E-state index contributed by atoms with van der Waals surface area (Å²) >= 11 is 0. The van der Waals surface area contributed by atoms with Crippen LogP contribution in [0.5, 0.6) is 5.75 Å². The van der Waals surface area contributed by atoms with E-state index in [4.69, 9.17) is 11.0 Å². The van der Waals surface area contributed by atoms with Crippen molar-refractivity contribution in [3.05, 3.63) is 34.4 Å². The number of nitrogens with two attached hydrogens (primary N) is 1. The van der Waals surface area contributed by atoms with Gasteiger partial charge in [-0.15, -0.1) is 0 Å². The first kappa shape index (κ1) is 15.8. The number of nitriles is 1. The van der Waals surface area contributed by atoms with E-state index in [1.54, 1.807) is 18.2 Å². The Hall–Kier alpha value is -2.28. The molecule has 0 saturated heterocycles. The summed E-state index contributed by atoms with van der Waals surface area (Å²) in [4.78, 5) is 11.1. The normalized spacial score (nSPS) is 11.8. The van der Waals surface area contributed by atoms with Crippen molar-refractivity contribution >= 4 is 12.0 Å². The molecule has 0 unspecified atom stereocenters. The lowest BCUT2D eigenvalue weighted by Crippen LogP contribution is -2.12. The van der Waals surface area contributed by atoms with E-state index in [2.05, 4.69) is 0 Å². The van der Waals surface area contributed by atoms with Crippen molar-refractivity contribution in [2.45, 2.75) is 39.5 Å². The van der Waals surface area contributed by atoms with Gasteiger partial charge in [0.15, 0.2) is 0 Å². The largest absolute Gasteiger partial charge is 0.507 e. The Morgan fingerprint density at radius 3 is 2.00 bits per heavy atom. The SMILES string of the molecule is CC(C)c1cc(/C=C(\C#N)C(N)=O)cc(C(C)C)c1O. The molecule has 1 aromatic rings. The molecule has 3 N–H and O–H groups in total. The van der Waals surface area contributed by atoms with Gasteiger partial charge in [-0.05, 0) is 46.7 Å². The van der Waals surface area contributed by atoms with Gasteiger partial charge in [0.2, 0.25) is 0 Å². The molecule has 1 aromatic carbocycles. The van der Waals surface area contributed by atoms with Crippen molar-refractivity contribution < 1.29 is 9.90 Å². The molecule has 106 valence electrons. The van der Waals surface area contributed by atoms with Gasteiger partial charge in [-0.1, -0.05) is 27.7 Å². The number of hydrogen-bond donors (Lipinski definition) is 2. The van der Waals surface area contributed by atoms with E-state index < -0.39 is 5.91 Å². The number of carbonyl (C=O) groups is 1. The lowest BCUT2D eigenvalue weighted by atomic mass is 9.91. The summed E-state index contributed by atoms with van der Waals surface area (Å²) in [6.45, 7) is 7.91. The molecule has 1 amide bonds. The third-order valence-corrected chi connectivity index (χ3v) is 3.13. The van der Waals surface area contributed by atoms with Gasteiger partial charge in [0.1, 0.15) is 17.4 Å². The number of primary amides is 1. The van der Waals surface area contributed by atoms with E-state index in [0.29, 0.717) is 5.56 Å². The minimum Gasteiger partial charge on any atom is -0.507 e. The van der Waals surface area contributed by atoms with Crippen LogP contribution >= 0.6 is 0 Å². The second-order valence-corrected chi connectivity index (χ2v) is 5.39. The van der Waals surface area contributed by atoms with E-state index in [0.717, 1.165) is 11.1 Å². The van der Waals surface area contributed by atoms with E-state index in [1.807, 2.05) is 27.7 Å². The molecule has 1 rings (SSSR count). The Morgan fingerprint density at radius 2 is 1.70 bits per heavy atom. The quantitative estimate of drug-likeness (QED) is 0.652. The van der Waals surface area contributed by atoms with Crippen molar-refractivity contribution in [1.29, 1.82) is 5.26 Å². The summed E-state index contributed by atoms with van der Waals surface area (Å²) in [6, 6.07) is 5.35. The van der Waals surface area contributed by atoms with Crippen LogP contribution in [0.4, 0.5) is 0 Å². The third kappa shape index (κ3) is 3.39. The molecule has 0 fully saturated rings. The van der Waals surface area contributed by atoms with Crippen LogP contribution in [0.1, 0.15) is 56.2 Å². The standard InChI is InChI=1S/C16H20N2O2/c1-9(2)13-6-11(5-12(8-17)16(18)20)7-14(10(3)4)15(13)19/h5-7,9-10,19H,1-4H3,(H2,18,20)/b12-5+. The Bertz CT molecular complexity index is 564. The molecule has 0 aliphatic rings. The Kier molecular flexibility index (Phi) is 4.93. The van der Waals surface area contributed by atoms with Crippen LogP contribution in [0.15, 0.2) is 17.7 Å². The second-order valence-electron chi connectivity index (χ2n) is 5.39. The molecule has 0 bridgehead atoms. The maximum Gasteiger partial charge on any atom is 0.259 e. The average molecular weight is 272 g/mol. The van der Waals surface area contributed by atoms with Crippen LogP contribution in [-0.2, 0) is 4.79 Å². The van der Waals surface area contributed by atoms with Crippen molar-refractivity contribution in [3.8, 4) is 11.8 Å². The molecule has 0 heterocycles. The molecule has 0 saturated carbocycles. The zero-order valence-corrected chi connectivity index (χ0v) is 12.3. The maximum atomic E-state index is 11.1. The smallest absolute Gasteiger partial charge is 0.259 e. The third-order valence-electron chi connectivity index (χ3n) is 3.13. The molecular formula is C16H20N2O2. The fourth-order valence-electron chi connectivity index (χ4n) is 1.99. The Balaban J connectivity index is 3.50. The van der Waals surface area contributed by atoms with Crippen LogP contribution in [-0.4, -0.2) is 11.0 Å². The fourth-order valence-corrected chi connectivity index (χ4v) is 1.99. The molecule has 0 radical (unpaired) electrons. The molecule has 4 heteroatoms. The average Bonchev–Trinajstić information content (AvgIpc) is 2.36. The van der Waals surface area contributed by atoms with Gasteiger partial charge in [-0.25, -0.2) is 0 Å². The summed E-state index contributed by atoms with van der Waals surface area (Å²) in [6.07, 6.45) is 1.46. The first-order valence-electron chi connectivity index (χ1n) is 6.56. The summed E-state index contributed by atoms with van der Waals surface area (Å²) in [7, 11) is 0. The lowest BCUT2D eigenvalue weighted by molar-refractivity contribution is -0.114. The molecular weight excluding hydrogens is 252 g/mol. The van der Waals surface area contributed by atoms with Crippen molar-refractivity contribution in [3.63, 3.8) is 0 Å². The summed E-state index contributed by atoms with van der Waals surface area (Å²) < 4.78 is 0. The van der Waals surface area contributed by atoms with Gasteiger partial charge in [-0.2, -0.15) is 5.26 Å². The van der Waals surface area contributed by atoms with Gasteiger partial charge in [0.25, 0.3) is 5.91 Å². The number of phenols is 1. The summed E-state index contributed by atoms with van der Waals surface area (Å²) in [5.41, 5.74) is 7.34. The molecule has 0 atom stereocenters. The number of aromatic hydroxyl groups is 1. The molecule has 0 aliphatic carbocycles. The van der Waals surface area contributed by atoms with E-state index in [1.165, 1.54) is 6.08 Å². The van der Waals surface area contributed by atoms with Crippen molar-refractivity contribution in [1.82, 2.24) is 0 Å².